The molecule has 0 fully saturated rings. The van der Waals surface area contributed by atoms with Gasteiger partial charge in [0.2, 0.25) is 5.76 Å². The first-order valence-corrected chi connectivity index (χ1v) is 9.09. The Bertz CT molecular complexity index is 1120. The summed E-state index contributed by atoms with van der Waals surface area (Å²) in [6, 6.07) is 15.6. The number of fused-ring (bicyclic) bond motifs is 1. The summed E-state index contributed by atoms with van der Waals surface area (Å²) < 4.78 is 15.0. The summed E-state index contributed by atoms with van der Waals surface area (Å²) in [6.45, 7) is -0.655. The number of carbonyl (C=O) groups is 3. The van der Waals surface area contributed by atoms with Gasteiger partial charge in [0, 0.05) is 12.5 Å². The third kappa shape index (κ3) is 5.11. The van der Waals surface area contributed by atoms with Crippen LogP contribution in [0, 0.1) is 0 Å². The molecule has 154 valence electrons. The number of nitrogens with one attached hydrogen (secondary N) is 1. The van der Waals surface area contributed by atoms with Crippen molar-refractivity contribution in [2.75, 3.05) is 13.7 Å². The lowest BCUT2D eigenvalue weighted by atomic mass is 10.1. The quantitative estimate of drug-likeness (QED) is 0.593. The Morgan fingerprint density at radius 2 is 1.73 bits per heavy atom. The molecule has 0 aliphatic rings. The molecule has 1 atom stereocenters. The summed E-state index contributed by atoms with van der Waals surface area (Å²) in [5.74, 6) is -2.61. The Balaban J connectivity index is 1.63. The molecule has 3 aromatic rings. The number of benzene rings is 2. The molecule has 1 amide bonds. The van der Waals surface area contributed by atoms with Crippen molar-refractivity contribution in [3.63, 3.8) is 0 Å². The van der Waals surface area contributed by atoms with Crippen molar-refractivity contribution in [1.82, 2.24) is 5.32 Å². The summed E-state index contributed by atoms with van der Waals surface area (Å²) >= 11 is 0. The van der Waals surface area contributed by atoms with Crippen LogP contribution in [0.3, 0.4) is 0 Å². The monoisotopic (exact) mass is 409 g/mol. The lowest BCUT2D eigenvalue weighted by molar-refractivity contribution is -0.145. The van der Waals surface area contributed by atoms with E-state index in [0.29, 0.717) is 5.39 Å². The van der Waals surface area contributed by atoms with Gasteiger partial charge in [0.1, 0.15) is 11.6 Å². The molecule has 30 heavy (non-hydrogen) atoms. The van der Waals surface area contributed by atoms with Gasteiger partial charge in [-0.05, 0) is 17.7 Å². The first kappa shape index (κ1) is 20.8. The van der Waals surface area contributed by atoms with Crippen molar-refractivity contribution in [2.24, 2.45) is 0 Å². The Morgan fingerprint density at radius 1 is 1.03 bits per heavy atom. The summed E-state index contributed by atoms with van der Waals surface area (Å²) in [5.41, 5.74) is 0.653. The van der Waals surface area contributed by atoms with Gasteiger partial charge in [0.05, 0.1) is 12.5 Å². The van der Waals surface area contributed by atoms with Crippen molar-refractivity contribution < 1.29 is 28.3 Å². The minimum atomic E-state index is -0.967. The number of hydrogen-bond acceptors (Lipinski definition) is 7. The second-order valence-corrected chi connectivity index (χ2v) is 6.38. The highest BCUT2D eigenvalue weighted by atomic mass is 16.5. The van der Waals surface area contributed by atoms with E-state index in [9.17, 15) is 19.2 Å². The number of rotatable bonds is 7. The zero-order valence-electron chi connectivity index (χ0n) is 16.1. The van der Waals surface area contributed by atoms with Gasteiger partial charge in [-0.3, -0.25) is 9.59 Å². The van der Waals surface area contributed by atoms with Crippen molar-refractivity contribution in [2.45, 2.75) is 12.5 Å². The topological polar surface area (TPSA) is 112 Å². The molecule has 0 radical (unpaired) electrons. The minimum absolute atomic E-state index is 0.215. The molecule has 8 heteroatoms. The number of methoxy groups -OCH3 is 1. The molecule has 0 spiro atoms. The van der Waals surface area contributed by atoms with Crippen LogP contribution in [-0.2, 0) is 25.5 Å². The summed E-state index contributed by atoms with van der Waals surface area (Å²) in [6.07, 6.45) is 0.215. The Morgan fingerprint density at radius 3 is 2.47 bits per heavy atom. The number of carbonyl (C=O) groups excluding carboxylic acids is 3. The smallest absolute Gasteiger partial charge is 0.374 e. The molecule has 1 heterocycles. The van der Waals surface area contributed by atoms with Crippen LogP contribution in [0.5, 0.6) is 0 Å². The average Bonchev–Trinajstić information content (AvgIpc) is 2.77. The third-order valence-electron chi connectivity index (χ3n) is 4.27. The van der Waals surface area contributed by atoms with Crippen LogP contribution in [0.25, 0.3) is 11.0 Å². The average molecular weight is 409 g/mol. The molecular formula is C22H19NO7. The molecule has 2 aromatic carbocycles. The van der Waals surface area contributed by atoms with Crippen LogP contribution in [0.15, 0.2) is 69.9 Å². The van der Waals surface area contributed by atoms with E-state index in [1.54, 1.807) is 24.3 Å². The van der Waals surface area contributed by atoms with Crippen LogP contribution in [0.1, 0.15) is 16.1 Å². The number of esters is 2. The van der Waals surface area contributed by atoms with E-state index in [0.717, 1.165) is 11.6 Å². The highest BCUT2D eigenvalue weighted by Gasteiger charge is 2.23. The maximum absolute atomic E-state index is 12.2. The number of para-hydroxylation sites is 1. The van der Waals surface area contributed by atoms with E-state index in [1.807, 2.05) is 30.3 Å². The second kappa shape index (κ2) is 9.51. The Hall–Kier alpha value is -3.94. The minimum Gasteiger partial charge on any atom is -0.467 e. The van der Waals surface area contributed by atoms with Crippen LogP contribution >= 0.6 is 0 Å². The fraction of sp³-hybridized carbons (Fsp3) is 0.182. The van der Waals surface area contributed by atoms with E-state index in [2.05, 4.69) is 5.32 Å². The van der Waals surface area contributed by atoms with E-state index >= 15 is 0 Å². The van der Waals surface area contributed by atoms with Crippen molar-refractivity contribution in [1.29, 1.82) is 0 Å². The molecule has 0 saturated carbocycles. The maximum atomic E-state index is 12.2. The third-order valence-corrected chi connectivity index (χ3v) is 4.27. The largest absolute Gasteiger partial charge is 0.467 e. The maximum Gasteiger partial charge on any atom is 0.374 e. The number of hydrogen-bond donors (Lipinski definition) is 1. The van der Waals surface area contributed by atoms with E-state index in [-0.39, 0.29) is 17.8 Å². The highest BCUT2D eigenvalue weighted by molar-refractivity contribution is 5.91. The standard InChI is InChI=1S/C22H19NO7/c1-28-21(26)16(11-14-7-3-2-4-8-14)23-20(25)13-29-22(27)19-12-17(24)15-9-5-6-10-18(15)30-19/h2-10,12,16H,11,13H2,1H3,(H,23,25). The first-order valence-electron chi connectivity index (χ1n) is 9.09. The van der Waals surface area contributed by atoms with Gasteiger partial charge in [-0.1, -0.05) is 42.5 Å². The Labute approximate surface area is 171 Å². The zero-order chi connectivity index (χ0) is 21.5. The number of ether oxygens (including phenoxy) is 2. The van der Waals surface area contributed by atoms with Crippen LogP contribution in [0.4, 0.5) is 0 Å². The molecule has 0 saturated heterocycles. The van der Waals surface area contributed by atoms with E-state index in [1.165, 1.54) is 7.11 Å². The fourth-order valence-electron chi connectivity index (χ4n) is 2.83. The van der Waals surface area contributed by atoms with Gasteiger partial charge >= 0.3 is 11.9 Å². The van der Waals surface area contributed by atoms with E-state index in [4.69, 9.17) is 13.9 Å². The lowest BCUT2D eigenvalue weighted by Crippen LogP contribution is -2.44. The molecule has 0 bridgehead atoms. The molecule has 0 aliphatic carbocycles. The lowest BCUT2D eigenvalue weighted by Gasteiger charge is -2.16. The molecule has 0 aliphatic heterocycles. The van der Waals surface area contributed by atoms with Crippen LogP contribution in [-0.4, -0.2) is 37.6 Å². The van der Waals surface area contributed by atoms with E-state index < -0.39 is 35.9 Å². The van der Waals surface area contributed by atoms with Gasteiger partial charge in [-0.2, -0.15) is 0 Å². The summed E-state index contributed by atoms with van der Waals surface area (Å²) in [5, 5.41) is 2.81. The predicted octanol–water partition coefficient (Wildman–Crippen LogP) is 1.85. The van der Waals surface area contributed by atoms with Gasteiger partial charge in [-0.25, -0.2) is 9.59 Å². The molecule has 3 rings (SSSR count). The van der Waals surface area contributed by atoms with Crippen LogP contribution < -0.4 is 10.7 Å². The molecule has 1 N–H and O–H groups in total. The van der Waals surface area contributed by atoms with Gasteiger partial charge < -0.3 is 19.2 Å². The van der Waals surface area contributed by atoms with Crippen molar-refractivity contribution >= 4 is 28.8 Å². The normalized spacial score (nSPS) is 11.5. The second-order valence-electron chi connectivity index (χ2n) is 6.38. The van der Waals surface area contributed by atoms with Gasteiger partial charge in [-0.15, -0.1) is 0 Å². The van der Waals surface area contributed by atoms with Gasteiger partial charge in [0.25, 0.3) is 5.91 Å². The first-order chi connectivity index (χ1) is 14.5. The SMILES string of the molecule is COC(=O)C(Cc1ccccc1)NC(=O)COC(=O)c1cc(=O)c2ccccc2o1. The fourth-order valence-corrected chi connectivity index (χ4v) is 2.83. The van der Waals surface area contributed by atoms with Gasteiger partial charge in [0.15, 0.2) is 12.0 Å². The summed E-state index contributed by atoms with van der Waals surface area (Å²) in [7, 11) is 1.22. The number of amides is 1. The van der Waals surface area contributed by atoms with Crippen molar-refractivity contribution in [3.8, 4) is 0 Å². The molecule has 1 aromatic heterocycles. The summed E-state index contributed by atoms with van der Waals surface area (Å²) in [4.78, 5) is 48.4. The molecular weight excluding hydrogens is 390 g/mol. The van der Waals surface area contributed by atoms with Crippen molar-refractivity contribution in [3.05, 3.63) is 82.2 Å². The molecule has 1 unspecified atom stereocenters. The van der Waals surface area contributed by atoms with Crippen LogP contribution in [0.2, 0.25) is 0 Å². The molecule has 8 nitrogen and oxygen atoms in total. The highest BCUT2D eigenvalue weighted by Crippen LogP contribution is 2.12. The predicted molar refractivity (Wildman–Crippen MR) is 107 cm³/mol. The zero-order valence-corrected chi connectivity index (χ0v) is 16.1. The Kier molecular flexibility index (Phi) is 6.59.